The number of nitrogens with zero attached hydrogens (tertiary/aromatic N) is 3. The zero-order valence-electron chi connectivity index (χ0n) is 17.6. The fourth-order valence-corrected chi connectivity index (χ4v) is 5.95. The second-order valence-corrected chi connectivity index (χ2v) is 10.1. The van der Waals surface area contributed by atoms with E-state index in [9.17, 15) is 13.2 Å². The number of hydrogen-bond acceptors (Lipinski definition) is 5. The van der Waals surface area contributed by atoms with Crippen molar-refractivity contribution in [2.24, 2.45) is 10.3 Å². The van der Waals surface area contributed by atoms with Crippen LogP contribution >= 0.6 is 0 Å². The maximum Gasteiger partial charge on any atom is 0.285 e. The molecule has 0 saturated carbocycles. The molecule has 0 bridgehead atoms. The van der Waals surface area contributed by atoms with Gasteiger partial charge in [-0.05, 0) is 63.9 Å². The Hall–Kier alpha value is -1.93. The first-order valence-corrected chi connectivity index (χ1v) is 12.7. The summed E-state index contributed by atoms with van der Waals surface area (Å²) in [5.41, 5.74) is 0.649. The van der Waals surface area contributed by atoms with Crippen LogP contribution in [0.2, 0.25) is 0 Å². The van der Waals surface area contributed by atoms with Crippen molar-refractivity contribution in [2.75, 3.05) is 39.3 Å². The Labute approximate surface area is 179 Å². The highest BCUT2D eigenvalue weighted by Crippen LogP contribution is 2.29. The Balaban J connectivity index is 1.29. The molecule has 7 nitrogen and oxygen atoms in total. The molecule has 4 rings (SSSR count). The minimum atomic E-state index is -3.63. The predicted molar refractivity (Wildman–Crippen MR) is 117 cm³/mol. The lowest BCUT2D eigenvalue weighted by Gasteiger charge is -2.33. The van der Waals surface area contributed by atoms with Gasteiger partial charge in [-0.15, -0.1) is 4.40 Å². The number of rotatable bonds is 5. The molecule has 1 amide bonds. The smallest absolute Gasteiger partial charge is 0.285 e. The molecule has 1 aromatic rings. The third-order valence-corrected chi connectivity index (χ3v) is 7.68. The summed E-state index contributed by atoms with van der Waals surface area (Å²) in [6.45, 7) is 5.34. The molecule has 8 heteroatoms. The maximum atomic E-state index is 12.7. The average molecular weight is 433 g/mol. The van der Waals surface area contributed by atoms with Gasteiger partial charge < -0.3 is 15.1 Å². The number of amidine groups is 1. The number of nitrogens with one attached hydrogen (secondary N) is 1. The van der Waals surface area contributed by atoms with Gasteiger partial charge in [0.2, 0.25) is 5.91 Å². The lowest BCUT2D eigenvalue weighted by Crippen LogP contribution is -2.45. The Kier molecular flexibility index (Phi) is 6.73. The molecule has 1 atom stereocenters. The van der Waals surface area contributed by atoms with Gasteiger partial charge in [0, 0.05) is 25.2 Å². The standard InChI is InChI=1S/C22H32N4O3S/c27-22(23-12-8-15-25-13-5-1-2-6-14-25)18-9-7-16-26(17-18)21-19-10-3-4-11-20(19)30(28,29)24-21/h3-4,10-11,18H,1-2,5-9,12-17H2,(H,23,27). The molecular formula is C22H32N4O3S. The predicted octanol–water partition coefficient (Wildman–Crippen LogP) is 2.23. The van der Waals surface area contributed by atoms with Gasteiger partial charge in [-0.25, -0.2) is 0 Å². The van der Waals surface area contributed by atoms with Crippen molar-refractivity contribution in [3.05, 3.63) is 29.8 Å². The van der Waals surface area contributed by atoms with E-state index in [0.717, 1.165) is 32.4 Å². The number of piperidine rings is 1. The van der Waals surface area contributed by atoms with Crippen LogP contribution in [0.4, 0.5) is 0 Å². The SMILES string of the molecule is O=C(NCCCN1CCCCCC1)C1CCCN(C2=NS(=O)(=O)c3ccccc32)C1. The third kappa shape index (κ3) is 4.86. The van der Waals surface area contributed by atoms with Crippen molar-refractivity contribution in [3.8, 4) is 0 Å². The highest BCUT2D eigenvalue weighted by molar-refractivity contribution is 7.90. The monoisotopic (exact) mass is 432 g/mol. The first kappa shape index (κ1) is 21.3. The second-order valence-electron chi connectivity index (χ2n) is 8.57. The maximum absolute atomic E-state index is 12.7. The van der Waals surface area contributed by atoms with Gasteiger partial charge >= 0.3 is 0 Å². The normalized spacial score (nSPS) is 24.1. The van der Waals surface area contributed by atoms with Crippen LogP contribution < -0.4 is 5.32 Å². The summed E-state index contributed by atoms with van der Waals surface area (Å²) in [6.07, 6.45) is 7.90. The summed E-state index contributed by atoms with van der Waals surface area (Å²) in [6, 6.07) is 6.94. The number of likely N-dealkylation sites (tertiary alicyclic amines) is 2. The summed E-state index contributed by atoms with van der Waals surface area (Å²) in [5.74, 6) is 0.435. The van der Waals surface area contributed by atoms with E-state index in [1.54, 1.807) is 18.2 Å². The number of hydrogen-bond donors (Lipinski definition) is 1. The molecule has 3 aliphatic rings. The summed E-state index contributed by atoms with van der Waals surface area (Å²) >= 11 is 0. The lowest BCUT2D eigenvalue weighted by molar-refractivity contribution is -0.126. The van der Waals surface area contributed by atoms with E-state index in [1.807, 2.05) is 11.0 Å². The van der Waals surface area contributed by atoms with Crippen molar-refractivity contribution in [1.82, 2.24) is 15.1 Å². The topological polar surface area (TPSA) is 82.1 Å². The Morgan fingerprint density at radius 3 is 2.63 bits per heavy atom. The van der Waals surface area contributed by atoms with E-state index >= 15 is 0 Å². The van der Waals surface area contributed by atoms with Crippen molar-refractivity contribution >= 4 is 21.8 Å². The molecule has 164 valence electrons. The minimum absolute atomic E-state index is 0.0744. The van der Waals surface area contributed by atoms with Crippen molar-refractivity contribution in [2.45, 2.75) is 49.8 Å². The van der Waals surface area contributed by atoms with Crippen LogP contribution in [0.3, 0.4) is 0 Å². The van der Waals surface area contributed by atoms with E-state index in [-0.39, 0.29) is 16.7 Å². The van der Waals surface area contributed by atoms with Gasteiger partial charge in [-0.2, -0.15) is 8.42 Å². The molecule has 3 aliphatic heterocycles. The van der Waals surface area contributed by atoms with Gasteiger partial charge in [0.25, 0.3) is 10.0 Å². The van der Waals surface area contributed by atoms with Gasteiger partial charge in [0.05, 0.1) is 5.92 Å². The molecule has 0 aliphatic carbocycles. The van der Waals surface area contributed by atoms with E-state index < -0.39 is 10.0 Å². The Morgan fingerprint density at radius 2 is 1.83 bits per heavy atom. The van der Waals surface area contributed by atoms with E-state index in [0.29, 0.717) is 24.5 Å². The molecule has 0 spiro atoms. The van der Waals surface area contributed by atoms with Crippen LogP contribution in [0.15, 0.2) is 33.6 Å². The molecule has 1 unspecified atom stereocenters. The number of carbonyl (C=O) groups is 1. The lowest BCUT2D eigenvalue weighted by atomic mass is 9.96. The fourth-order valence-electron chi connectivity index (χ4n) is 4.72. The Bertz CT molecular complexity index is 891. The first-order valence-electron chi connectivity index (χ1n) is 11.2. The highest BCUT2D eigenvalue weighted by Gasteiger charge is 2.35. The minimum Gasteiger partial charge on any atom is -0.356 e. The van der Waals surface area contributed by atoms with Gasteiger partial charge in [0.15, 0.2) is 5.84 Å². The third-order valence-electron chi connectivity index (χ3n) is 6.35. The Morgan fingerprint density at radius 1 is 1.07 bits per heavy atom. The number of amides is 1. The van der Waals surface area contributed by atoms with Crippen LogP contribution in [0.5, 0.6) is 0 Å². The van der Waals surface area contributed by atoms with Gasteiger partial charge in [-0.1, -0.05) is 25.0 Å². The highest BCUT2D eigenvalue weighted by atomic mass is 32.2. The van der Waals surface area contributed by atoms with E-state index in [2.05, 4.69) is 14.6 Å². The van der Waals surface area contributed by atoms with Gasteiger partial charge in [-0.3, -0.25) is 4.79 Å². The molecule has 1 N–H and O–H groups in total. The quantitative estimate of drug-likeness (QED) is 0.722. The molecule has 1 aromatic carbocycles. The second kappa shape index (κ2) is 9.47. The zero-order valence-corrected chi connectivity index (χ0v) is 18.4. The summed E-state index contributed by atoms with van der Waals surface area (Å²) in [4.78, 5) is 17.5. The molecule has 0 aromatic heterocycles. The van der Waals surface area contributed by atoms with Crippen LogP contribution in [-0.4, -0.2) is 69.2 Å². The molecule has 2 fully saturated rings. The number of carbonyl (C=O) groups excluding carboxylic acids is 1. The van der Waals surface area contributed by atoms with Crippen LogP contribution in [0.25, 0.3) is 0 Å². The molecule has 30 heavy (non-hydrogen) atoms. The van der Waals surface area contributed by atoms with E-state index in [4.69, 9.17) is 0 Å². The van der Waals surface area contributed by atoms with Crippen molar-refractivity contribution < 1.29 is 13.2 Å². The van der Waals surface area contributed by atoms with Crippen LogP contribution in [0.1, 0.15) is 50.5 Å². The largest absolute Gasteiger partial charge is 0.356 e. The number of benzene rings is 1. The molecule has 2 saturated heterocycles. The van der Waals surface area contributed by atoms with Crippen molar-refractivity contribution in [1.29, 1.82) is 0 Å². The number of fused-ring (bicyclic) bond motifs is 1. The van der Waals surface area contributed by atoms with Crippen molar-refractivity contribution in [3.63, 3.8) is 0 Å². The zero-order chi connectivity index (χ0) is 21.0. The average Bonchev–Trinajstić information content (AvgIpc) is 2.91. The molecular weight excluding hydrogens is 400 g/mol. The van der Waals surface area contributed by atoms with Crippen LogP contribution in [0, 0.1) is 5.92 Å². The number of sulfonamides is 1. The molecule has 3 heterocycles. The van der Waals surface area contributed by atoms with E-state index in [1.165, 1.54) is 38.8 Å². The fraction of sp³-hybridized carbons (Fsp3) is 0.636. The first-order chi connectivity index (χ1) is 14.5. The summed E-state index contributed by atoms with van der Waals surface area (Å²) < 4.78 is 28.7. The van der Waals surface area contributed by atoms with Gasteiger partial charge in [0.1, 0.15) is 4.90 Å². The summed E-state index contributed by atoms with van der Waals surface area (Å²) in [5, 5.41) is 3.10. The molecule has 0 radical (unpaired) electrons. The summed E-state index contributed by atoms with van der Waals surface area (Å²) in [7, 11) is -3.63. The van der Waals surface area contributed by atoms with Crippen LogP contribution in [-0.2, 0) is 14.8 Å².